The fraction of sp³-hybridized carbons (Fsp3) is 0.261. The zero-order valence-corrected chi connectivity index (χ0v) is 18.1. The van der Waals surface area contributed by atoms with E-state index < -0.39 is 9.84 Å². The summed E-state index contributed by atoms with van der Waals surface area (Å²) in [6, 6.07) is 10.5. The van der Waals surface area contributed by atoms with Crippen molar-refractivity contribution in [1.29, 1.82) is 0 Å². The van der Waals surface area contributed by atoms with Crippen LogP contribution in [0, 0.1) is 0 Å². The number of piperidine rings is 1. The topological polar surface area (TPSA) is 92.3 Å². The summed E-state index contributed by atoms with van der Waals surface area (Å²) < 4.78 is 23.3. The predicted octanol–water partition coefficient (Wildman–Crippen LogP) is 3.67. The van der Waals surface area contributed by atoms with Crippen LogP contribution in [0.3, 0.4) is 0 Å². The lowest BCUT2D eigenvalue weighted by Crippen LogP contribution is -2.37. The highest BCUT2D eigenvalue weighted by Crippen LogP contribution is 2.32. The zero-order valence-electron chi connectivity index (χ0n) is 17.3. The van der Waals surface area contributed by atoms with Crippen LogP contribution in [0.15, 0.2) is 66.3 Å². The maximum absolute atomic E-state index is 11.9. The lowest BCUT2D eigenvalue weighted by molar-refractivity contribution is -0.127. The second kappa shape index (κ2) is 8.47. The summed E-state index contributed by atoms with van der Waals surface area (Å²) in [5, 5.41) is 5.27. The molecule has 0 atom stereocenters. The van der Waals surface area contributed by atoms with Crippen LogP contribution in [0.4, 0.5) is 11.5 Å². The van der Waals surface area contributed by atoms with Crippen molar-refractivity contribution in [3.05, 3.63) is 67.1 Å². The number of anilines is 2. The number of pyridine rings is 2. The van der Waals surface area contributed by atoms with Crippen molar-refractivity contribution in [2.24, 2.45) is 0 Å². The summed E-state index contributed by atoms with van der Waals surface area (Å²) in [6.07, 6.45) is 7.87. The van der Waals surface area contributed by atoms with Crippen LogP contribution in [0.25, 0.3) is 10.8 Å². The fourth-order valence-corrected chi connectivity index (χ4v) is 4.55. The summed E-state index contributed by atoms with van der Waals surface area (Å²) >= 11 is 0. The van der Waals surface area contributed by atoms with E-state index in [1.54, 1.807) is 30.5 Å². The fourth-order valence-electron chi connectivity index (χ4n) is 3.92. The maximum Gasteiger partial charge on any atom is 0.245 e. The molecule has 1 fully saturated rings. The number of hydrogen-bond acceptors (Lipinski definition) is 6. The molecule has 1 aromatic carbocycles. The molecule has 2 aromatic heterocycles. The van der Waals surface area contributed by atoms with Gasteiger partial charge in [-0.1, -0.05) is 6.58 Å². The minimum absolute atomic E-state index is 0.0260. The van der Waals surface area contributed by atoms with Crippen molar-refractivity contribution in [3.8, 4) is 0 Å². The Labute approximate surface area is 181 Å². The Bertz CT molecular complexity index is 1230. The molecule has 1 aliphatic heterocycles. The molecule has 0 radical (unpaired) electrons. The molecule has 1 N–H and O–H groups in total. The summed E-state index contributed by atoms with van der Waals surface area (Å²) in [7, 11) is -3.23. The van der Waals surface area contributed by atoms with Crippen LogP contribution in [0.5, 0.6) is 0 Å². The number of carbonyl (C=O) groups excluding carboxylic acids is 1. The van der Waals surface area contributed by atoms with Gasteiger partial charge in [-0.2, -0.15) is 0 Å². The van der Waals surface area contributed by atoms with Crippen molar-refractivity contribution in [2.75, 3.05) is 24.7 Å². The van der Waals surface area contributed by atoms with Crippen molar-refractivity contribution in [1.82, 2.24) is 14.9 Å². The Morgan fingerprint density at radius 1 is 1.16 bits per heavy atom. The van der Waals surface area contributed by atoms with E-state index in [-0.39, 0.29) is 16.7 Å². The van der Waals surface area contributed by atoms with Gasteiger partial charge in [-0.25, -0.2) is 13.4 Å². The highest BCUT2D eigenvalue weighted by Gasteiger charge is 2.24. The second-order valence-corrected chi connectivity index (χ2v) is 9.73. The van der Waals surface area contributed by atoms with Gasteiger partial charge in [0.25, 0.3) is 0 Å². The third-order valence-electron chi connectivity index (χ3n) is 5.60. The van der Waals surface area contributed by atoms with Gasteiger partial charge >= 0.3 is 0 Å². The Morgan fingerprint density at radius 3 is 2.52 bits per heavy atom. The number of nitrogens with one attached hydrogen (secondary N) is 1. The van der Waals surface area contributed by atoms with Gasteiger partial charge in [-0.3, -0.25) is 9.78 Å². The van der Waals surface area contributed by atoms with Gasteiger partial charge in [0.1, 0.15) is 5.82 Å². The molecular weight excluding hydrogens is 412 g/mol. The molecule has 7 nitrogen and oxygen atoms in total. The Balaban J connectivity index is 1.58. The van der Waals surface area contributed by atoms with Gasteiger partial charge in [0.15, 0.2) is 9.84 Å². The quantitative estimate of drug-likeness (QED) is 0.614. The lowest BCUT2D eigenvalue weighted by atomic mass is 9.90. The minimum Gasteiger partial charge on any atom is -0.340 e. The summed E-state index contributed by atoms with van der Waals surface area (Å²) in [5.41, 5.74) is 1.77. The van der Waals surface area contributed by atoms with Crippen molar-refractivity contribution < 1.29 is 13.2 Å². The minimum atomic E-state index is -3.23. The Hall–Kier alpha value is -3.26. The summed E-state index contributed by atoms with van der Waals surface area (Å²) in [5.74, 6) is 0.900. The molecule has 0 unspecified atom stereocenters. The number of carbonyl (C=O) groups is 1. The van der Waals surface area contributed by atoms with Crippen LogP contribution in [0.1, 0.15) is 24.5 Å². The summed E-state index contributed by atoms with van der Waals surface area (Å²) in [4.78, 5) is 23.1. The number of hydrogen-bond donors (Lipinski definition) is 1. The Morgan fingerprint density at radius 2 is 1.87 bits per heavy atom. The molecule has 3 aromatic rings. The smallest absolute Gasteiger partial charge is 0.245 e. The van der Waals surface area contributed by atoms with E-state index in [1.165, 1.54) is 12.3 Å². The standard InChI is InChI=1S/C23H24N4O3S/c1-3-22(28)27-12-9-16(10-13-27)23-20-14-21(25-15-17(20)8-11-24-23)26-18-4-6-19(7-5-18)31(2,29)30/h3-8,11,14-16H,1,9-10,12-13H2,2H3,(H,25,26). The van der Waals surface area contributed by atoms with Crippen molar-refractivity contribution in [3.63, 3.8) is 0 Å². The zero-order chi connectivity index (χ0) is 22.0. The first-order valence-electron chi connectivity index (χ1n) is 10.1. The number of amides is 1. The van der Waals surface area contributed by atoms with Gasteiger partial charge in [0, 0.05) is 54.1 Å². The van der Waals surface area contributed by atoms with Crippen LogP contribution in [0.2, 0.25) is 0 Å². The predicted molar refractivity (Wildman–Crippen MR) is 121 cm³/mol. The molecule has 0 spiro atoms. The first-order valence-corrected chi connectivity index (χ1v) is 12.0. The Kier molecular flexibility index (Phi) is 5.73. The van der Waals surface area contributed by atoms with E-state index >= 15 is 0 Å². The van der Waals surface area contributed by atoms with Gasteiger partial charge < -0.3 is 10.2 Å². The molecule has 1 saturated heterocycles. The van der Waals surface area contributed by atoms with Crippen molar-refractivity contribution >= 4 is 38.0 Å². The van der Waals surface area contributed by atoms with E-state index in [9.17, 15) is 13.2 Å². The van der Waals surface area contributed by atoms with Gasteiger partial charge in [0.05, 0.1) is 10.6 Å². The third-order valence-corrected chi connectivity index (χ3v) is 6.73. The average molecular weight is 437 g/mol. The monoisotopic (exact) mass is 436 g/mol. The van der Waals surface area contributed by atoms with E-state index in [1.807, 2.05) is 23.2 Å². The van der Waals surface area contributed by atoms with Gasteiger partial charge in [-0.15, -0.1) is 0 Å². The molecule has 4 rings (SSSR count). The molecule has 160 valence electrons. The van der Waals surface area contributed by atoms with Gasteiger partial charge in [0.2, 0.25) is 5.91 Å². The van der Waals surface area contributed by atoms with E-state index in [0.717, 1.165) is 35.0 Å². The molecule has 0 bridgehead atoms. The highest BCUT2D eigenvalue weighted by atomic mass is 32.2. The molecule has 8 heteroatoms. The van der Waals surface area contributed by atoms with E-state index in [4.69, 9.17) is 0 Å². The number of likely N-dealkylation sites (tertiary alicyclic amines) is 1. The molecule has 0 aliphatic carbocycles. The molecular formula is C23H24N4O3S. The average Bonchev–Trinajstić information content (AvgIpc) is 2.78. The second-order valence-electron chi connectivity index (χ2n) is 7.71. The number of aromatic nitrogens is 2. The summed E-state index contributed by atoms with van der Waals surface area (Å²) in [6.45, 7) is 4.95. The lowest BCUT2D eigenvalue weighted by Gasteiger charge is -2.31. The number of fused-ring (bicyclic) bond motifs is 1. The number of nitrogens with zero attached hydrogens (tertiary/aromatic N) is 3. The van der Waals surface area contributed by atoms with Crippen LogP contribution in [-0.4, -0.2) is 48.5 Å². The van der Waals surface area contributed by atoms with Crippen LogP contribution >= 0.6 is 0 Å². The first-order chi connectivity index (χ1) is 14.8. The highest BCUT2D eigenvalue weighted by molar-refractivity contribution is 7.90. The van der Waals surface area contributed by atoms with Crippen LogP contribution < -0.4 is 5.32 Å². The van der Waals surface area contributed by atoms with Crippen molar-refractivity contribution in [2.45, 2.75) is 23.7 Å². The number of benzene rings is 1. The van der Waals surface area contributed by atoms with E-state index in [2.05, 4.69) is 21.9 Å². The molecule has 3 heterocycles. The largest absolute Gasteiger partial charge is 0.340 e. The van der Waals surface area contributed by atoms with Gasteiger partial charge in [-0.05, 0) is 55.3 Å². The number of rotatable bonds is 5. The molecule has 31 heavy (non-hydrogen) atoms. The molecule has 1 aliphatic rings. The molecule has 0 saturated carbocycles. The number of sulfone groups is 1. The first kappa shape index (κ1) is 21.0. The maximum atomic E-state index is 11.9. The SMILES string of the molecule is C=CC(=O)N1CCC(c2nccc3cnc(Nc4ccc(S(C)(=O)=O)cc4)cc23)CC1. The molecule has 1 amide bonds. The van der Waals surface area contributed by atoms with E-state index in [0.29, 0.717) is 18.9 Å². The normalized spacial score (nSPS) is 15.1. The third kappa shape index (κ3) is 4.59. The van der Waals surface area contributed by atoms with Crippen LogP contribution in [-0.2, 0) is 14.6 Å².